The van der Waals surface area contributed by atoms with Crippen LogP contribution in [0.5, 0.6) is 0 Å². The van der Waals surface area contributed by atoms with E-state index in [0.717, 1.165) is 25.8 Å². The maximum absolute atomic E-state index is 13.4. The normalized spacial score (nSPS) is 26.4. The van der Waals surface area contributed by atoms with Gasteiger partial charge in [0, 0.05) is 19.1 Å². The molecule has 0 spiro atoms. The van der Waals surface area contributed by atoms with Crippen LogP contribution in [0.3, 0.4) is 0 Å². The number of fused-ring (bicyclic) bond motifs is 1. The molecule has 1 aliphatic heterocycles. The Labute approximate surface area is 117 Å². The van der Waals surface area contributed by atoms with E-state index in [9.17, 15) is 14.3 Å². The second-order valence-electron chi connectivity index (χ2n) is 5.48. The lowest BCUT2D eigenvalue weighted by Crippen LogP contribution is -2.48. The summed E-state index contributed by atoms with van der Waals surface area (Å²) >= 11 is 0. The van der Waals surface area contributed by atoms with Gasteiger partial charge in [-0.2, -0.15) is 0 Å². The van der Waals surface area contributed by atoms with Crippen LogP contribution in [0.15, 0.2) is 18.2 Å². The van der Waals surface area contributed by atoms with Crippen LogP contribution >= 0.6 is 0 Å². The highest BCUT2D eigenvalue weighted by atomic mass is 19.1. The quantitative estimate of drug-likeness (QED) is 0.922. The Morgan fingerprint density at radius 2 is 2.30 bits per heavy atom. The predicted octanol–water partition coefficient (Wildman–Crippen LogP) is 2.28. The second-order valence-corrected chi connectivity index (χ2v) is 5.48. The van der Waals surface area contributed by atoms with Crippen molar-refractivity contribution >= 4 is 5.97 Å². The minimum atomic E-state index is -1.00. The highest BCUT2D eigenvalue weighted by Crippen LogP contribution is 2.31. The van der Waals surface area contributed by atoms with Crippen LogP contribution in [-0.2, 0) is 11.3 Å². The van der Waals surface area contributed by atoms with Gasteiger partial charge in [0.1, 0.15) is 5.82 Å². The van der Waals surface area contributed by atoms with E-state index in [0.29, 0.717) is 24.8 Å². The van der Waals surface area contributed by atoms with Gasteiger partial charge in [-0.1, -0.05) is 0 Å². The van der Waals surface area contributed by atoms with Crippen LogP contribution in [0.1, 0.15) is 35.2 Å². The molecule has 3 rings (SSSR count). The highest BCUT2D eigenvalue weighted by Gasteiger charge is 2.36. The fourth-order valence-electron chi connectivity index (χ4n) is 3.32. The van der Waals surface area contributed by atoms with E-state index in [1.165, 1.54) is 18.2 Å². The smallest absolute Gasteiger partial charge is 0.336 e. The third-order valence-electron chi connectivity index (χ3n) is 4.27. The topological polar surface area (TPSA) is 49.8 Å². The monoisotopic (exact) mass is 279 g/mol. The predicted molar refractivity (Wildman–Crippen MR) is 71.1 cm³/mol. The van der Waals surface area contributed by atoms with Crippen molar-refractivity contribution in [3.63, 3.8) is 0 Å². The van der Waals surface area contributed by atoms with Gasteiger partial charge < -0.3 is 9.84 Å². The van der Waals surface area contributed by atoms with Crippen LogP contribution in [0.25, 0.3) is 0 Å². The van der Waals surface area contributed by atoms with E-state index in [-0.39, 0.29) is 17.5 Å². The number of rotatable bonds is 3. The summed E-state index contributed by atoms with van der Waals surface area (Å²) in [5.41, 5.74) is 0.734. The molecule has 0 aromatic heterocycles. The second kappa shape index (κ2) is 5.50. The highest BCUT2D eigenvalue weighted by molar-refractivity contribution is 5.89. The van der Waals surface area contributed by atoms with Crippen molar-refractivity contribution in [3.8, 4) is 0 Å². The number of nitrogens with zero attached hydrogens (tertiary/aromatic N) is 1. The van der Waals surface area contributed by atoms with Gasteiger partial charge in [0.25, 0.3) is 0 Å². The molecule has 1 heterocycles. The minimum absolute atomic E-state index is 0.187. The number of halogens is 1. The molecule has 4 nitrogen and oxygen atoms in total. The van der Waals surface area contributed by atoms with Crippen molar-refractivity contribution < 1.29 is 19.0 Å². The fourth-order valence-corrected chi connectivity index (χ4v) is 3.32. The standard InChI is InChI=1S/C15H18FNO3/c16-11-4-5-12(15(18)19)10(8-11)9-17-6-7-20-14-3-1-2-13(14)17/h4-5,8,13-14H,1-3,6-7,9H2,(H,18,19). The largest absolute Gasteiger partial charge is 0.478 e. The van der Waals surface area contributed by atoms with E-state index < -0.39 is 5.97 Å². The molecule has 1 N–H and O–H groups in total. The van der Waals surface area contributed by atoms with Gasteiger partial charge in [0.2, 0.25) is 0 Å². The van der Waals surface area contributed by atoms with Crippen LogP contribution in [0.4, 0.5) is 4.39 Å². The van der Waals surface area contributed by atoms with Crippen molar-refractivity contribution in [1.82, 2.24) is 4.90 Å². The molecule has 1 aromatic rings. The van der Waals surface area contributed by atoms with Crippen LogP contribution in [0.2, 0.25) is 0 Å². The van der Waals surface area contributed by atoms with Gasteiger partial charge >= 0.3 is 5.97 Å². The molecule has 1 saturated heterocycles. The zero-order chi connectivity index (χ0) is 14.1. The Balaban J connectivity index is 1.83. The molecule has 1 aliphatic carbocycles. The number of morpholine rings is 1. The van der Waals surface area contributed by atoms with Crippen molar-refractivity contribution in [2.24, 2.45) is 0 Å². The summed E-state index contributed by atoms with van der Waals surface area (Å²) in [4.78, 5) is 13.5. The maximum atomic E-state index is 13.4. The number of benzene rings is 1. The van der Waals surface area contributed by atoms with Crippen LogP contribution < -0.4 is 0 Å². The number of carboxylic acid groups (broad SMARTS) is 1. The summed E-state index contributed by atoms with van der Waals surface area (Å²) in [7, 11) is 0. The van der Waals surface area contributed by atoms with Gasteiger partial charge in [0.15, 0.2) is 0 Å². The molecule has 5 heteroatoms. The summed E-state index contributed by atoms with van der Waals surface area (Å²) in [5.74, 6) is -1.39. The number of ether oxygens (including phenoxy) is 1. The average molecular weight is 279 g/mol. The molecule has 0 radical (unpaired) electrons. The Morgan fingerprint density at radius 3 is 3.10 bits per heavy atom. The molecular formula is C15H18FNO3. The summed E-state index contributed by atoms with van der Waals surface area (Å²) in [5, 5.41) is 9.21. The van der Waals surface area contributed by atoms with Crippen molar-refractivity contribution in [3.05, 3.63) is 35.1 Å². The third-order valence-corrected chi connectivity index (χ3v) is 4.27. The van der Waals surface area contributed by atoms with E-state index in [2.05, 4.69) is 4.90 Å². The first-order valence-corrected chi connectivity index (χ1v) is 7.02. The Bertz CT molecular complexity index is 520. The third kappa shape index (κ3) is 2.55. The van der Waals surface area contributed by atoms with Gasteiger partial charge in [-0.15, -0.1) is 0 Å². The van der Waals surface area contributed by atoms with E-state index in [1.807, 2.05) is 0 Å². The minimum Gasteiger partial charge on any atom is -0.478 e. The average Bonchev–Trinajstić information content (AvgIpc) is 2.88. The number of carboxylic acids is 1. The molecule has 1 aromatic carbocycles. The van der Waals surface area contributed by atoms with Crippen LogP contribution in [0, 0.1) is 5.82 Å². The van der Waals surface area contributed by atoms with Crippen LogP contribution in [-0.4, -0.2) is 41.3 Å². The molecule has 108 valence electrons. The number of carbonyl (C=O) groups is 1. The van der Waals surface area contributed by atoms with Crippen molar-refractivity contribution in [1.29, 1.82) is 0 Å². The lowest BCUT2D eigenvalue weighted by molar-refractivity contribution is -0.0589. The zero-order valence-corrected chi connectivity index (χ0v) is 11.2. The fraction of sp³-hybridized carbons (Fsp3) is 0.533. The lowest BCUT2D eigenvalue weighted by Gasteiger charge is -2.37. The molecule has 0 amide bonds. The Kier molecular flexibility index (Phi) is 3.72. The van der Waals surface area contributed by atoms with Crippen molar-refractivity contribution in [2.45, 2.75) is 38.0 Å². The summed E-state index contributed by atoms with van der Waals surface area (Å²) in [6, 6.07) is 4.22. The Morgan fingerprint density at radius 1 is 1.45 bits per heavy atom. The molecular weight excluding hydrogens is 261 g/mol. The number of aromatic carboxylic acids is 1. The lowest BCUT2D eigenvalue weighted by atomic mass is 10.0. The zero-order valence-electron chi connectivity index (χ0n) is 11.2. The molecule has 2 atom stereocenters. The van der Waals surface area contributed by atoms with E-state index >= 15 is 0 Å². The van der Waals surface area contributed by atoms with E-state index in [4.69, 9.17) is 4.74 Å². The van der Waals surface area contributed by atoms with E-state index in [1.54, 1.807) is 0 Å². The molecule has 1 saturated carbocycles. The Hall–Kier alpha value is -1.46. The first kappa shape index (κ1) is 13.5. The molecule has 0 bridgehead atoms. The van der Waals surface area contributed by atoms with Gasteiger partial charge in [-0.3, -0.25) is 4.90 Å². The first-order chi connectivity index (χ1) is 9.65. The molecule has 2 unspecified atom stereocenters. The van der Waals surface area contributed by atoms with Crippen molar-refractivity contribution in [2.75, 3.05) is 13.2 Å². The maximum Gasteiger partial charge on any atom is 0.336 e. The first-order valence-electron chi connectivity index (χ1n) is 7.02. The molecule has 2 aliphatic rings. The number of hydrogen-bond donors (Lipinski definition) is 1. The summed E-state index contributed by atoms with van der Waals surface area (Å²) in [6.07, 6.45) is 3.53. The summed E-state index contributed by atoms with van der Waals surface area (Å²) < 4.78 is 19.1. The number of hydrogen-bond acceptors (Lipinski definition) is 3. The molecule has 20 heavy (non-hydrogen) atoms. The summed E-state index contributed by atoms with van der Waals surface area (Å²) in [6.45, 7) is 1.92. The van der Waals surface area contributed by atoms with Gasteiger partial charge in [-0.25, -0.2) is 9.18 Å². The SMILES string of the molecule is O=C(O)c1ccc(F)cc1CN1CCOC2CCCC21. The molecule has 2 fully saturated rings. The van der Waals surface area contributed by atoms with Gasteiger partial charge in [-0.05, 0) is 43.0 Å². The van der Waals surface area contributed by atoms with Gasteiger partial charge in [0.05, 0.1) is 18.3 Å².